The first-order chi connectivity index (χ1) is 13.0. The van der Waals surface area contributed by atoms with Crippen LogP contribution in [0.25, 0.3) is 10.4 Å². The van der Waals surface area contributed by atoms with Crippen molar-refractivity contribution in [3.63, 3.8) is 0 Å². The summed E-state index contributed by atoms with van der Waals surface area (Å²) in [4.78, 5) is 25.2. The molecule has 2 amide bonds. The van der Waals surface area contributed by atoms with Crippen molar-refractivity contribution in [3.05, 3.63) is 82.7 Å². The zero-order chi connectivity index (χ0) is 19.2. The Morgan fingerprint density at radius 1 is 0.889 bits per heavy atom. The number of rotatable bonds is 5. The second-order valence-corrected chi connectivity index (χ2v) is 6.85. The van der Waals surface area contributed by atoms with Gasteiger partial charge in [-0.3, -0.25) is 20.4 Å². The van der Waals surface area contributed by atoms with Gasteiger partial charge in [0.1, 0.15) is 11.6 Å². The molecule has 0 bridgehead atoms. The summed E-state index contributed by atoms with van der Waals surface area (Å²) >= 11 is 1.23. The maximum absolute atomic E-state index is 13.5. The van der Waals surface area contributed by atoms with Gasteiger partial charge in [0.05, 0.1) is 4.88 Å². The number of thiophene rings is 1. The minimum Gasteiger partial charge on any atom is -0.273 e. The van der Waals surface area contributed by atoms with E-state index in [0.717, 1.165) is 10.4 Å². The Bertz CT molecular complexity index is 955. The van der Waals surface area contributed by atoms with Crippen molar-refractivity contribution in [2.75, 3.05) is 0 Å². The zero-order valence-electron chi connectivity index (χ0n) is 14.2. The quantitative estimate of drug-likeness (QED) is 0.649. The van der Waals surface area contributed by atoms with Crippen LogP contribution in [0, 0.1) is 11.6 Å². The number of carbonyl (C=O) groups is 2. The van der Waals surface area contributed by atoms with Gasteiger partial charge < -0.3 is 0 Å². The van der Waals surface area contributed by atoms with Gasteiger partial charge in [-0.15, -0.1) is 11.3 Å². The maximum Gasteiger partial charge on any atom is 0.279 e. The van der Waals surface area contributed by atoms with Crippen molar-refractivity contribution < 1.29 is 18.4 Å². The maximum atomic E-state index is 13.5. The first-order valence-electron chi connectivity index (χ1n) is 8.21. The lowest BCUT2D eigenvalue weighted by molar-refractivity contribution is -0.121. The molecular formula is C20H16F2N2O2S. The van der Waals surface area contributed by atoms with Gasteiger partial charge in [0, 0.05) is 11.3 Å². The molecule has 0 fully saturated rings. The summed E-state index contributed by atoms with van der Waals surface area (Å²) in [5.74, 6) is -1.55. The van der Waals surface area contributed by atoms with Gasteiger partial charge in [0.25, 0.3) is 5.91 Å². The number of amides is 2. The second kappa shape index (κ2) is 8.55. The lowest BCUT2D eigenvalue weighted by atomic mass is 10.1. The topological polar surface area (TPSA) is 58.2 Å². The largest absolute Gasteiger partial charge is 0.279 e. The summed E-state index contributed by atoms with van der Waals surface area (Å²) in [7, 11) is 0. The summed E-state index contributed by atoms with van der Waals surface area (Å²) in [6.07, 6.45) is 0.286. The number of aryl methyl sites for hydroxylation is 1. The Morgan fingerprint density at radius 2 is 1.63 bits per heavy atom. The minimum absolute atomic E-state index is 0.0481. The third-order valence-electron chi connectivity index (χ3n) is 3.85. The smallest absolute Gasteiger partial charge is 0.273 e. The van der Waals surface area contributed by atoms with Crippen molar-refractivity contribution in [1.82, 2.24) is 10.9 Å². The number of carbonyl (C=O) groups excluding carboxylic acids is 2. The van der Waals surface area contributed by atoms with E-state index in [1.54, 1.807) is 42.5 Å². The molecule has 0 aliphatic rings. The average molecular weight is 386 g/mol. The van der Waals surface area contributed by atoms with Crippen molar-refractivity contribution in [1.29, 1.82) is 0 Å². The van der Waals surface area contributed by atoms with E-state index in [-0.39, 0.29) is 24.5 Å². The Labute approximate surface area is 158 Å². The molecule has 0 spiro atoms. The molecule has 1 aromatic heterocycles. The molecule has 0 radical (unpaired) electrons. The highest BCUT2D eigenvalue weighted by Gasteiger charge is 2.12. The highest BCUT2D eigenvalue weighted by atomic mass is 32.1. The van der Waals surface area contributed by atoms with Gasteiger partial charge in [0.15, 0.2) is 0 Å². The predicted octanol–water partition coefficient (Wildman–Crippen LogP) is 4.09. The first-order valence-corrected chi connectivity index (χ1v) is 9.03. The molecule has 0 aliphatic carbocycles. The van der Waals surface area contributed by atoms with E-state index in [0.29, 0.717) is 10.4 Å². The predicted molar refractivity (Wildman–Crippen MR) is 100 cm³/mol. The van der Waals surface area contributed by atoms with Crippen LogP contribution < -0.4 is 10.9 Å². The molecule has 0 saturated heterocycles. The summed E-state index contributed by atoms with van der Waals surface area (Å²) in [5.41, 5.74) is 5.91. The van der Waals surface area contributed by atoms with Crippen LogP contribution in [0.3, 0.4) is 0 Å². The monoisotopic (exact) mass is 386 g/mol. The van der Waals surface area contributed by atoms with Gasteiger partial charge in [-0.1, -0.05) is 30.3 Å². The summed E-state index contributed by atoms with van der Waals surface area (Å²) in [6.45, 7) is 0. The lowest BCUT2D eigenvalue weighted by Gasteiger charge is -2.06. The van der Waals surface area contributed by atoms with Gasteiger partial charge in [0.2, 0.25) is 5.91 Å². The lowest BCUT2D eigenvalue weighted by Crippen LogP contribution is -2.41. The molecule has 3 rings (SSSR count). The molecule has 0 saturated carbocycles. The second-order valence-electron chi connectivity index (χ2n) is 5.76. The van der Waals surface area contributed by atoms with Gasteiger partial charge in [-0.2, -0.15) is 0 Å². The van der Waals surface area contributed by atoms with Crippen molar-refractivity contribution in [2.45, 2.75) is 12.8 Å². The molecule has 4 nitrogen and oxygen atoms in total. The van der Waals surface area contributed by atoms with E-state index < -0.39 is 11.8 Å². The van der Waals surface area contributed by atoms with Crippen LogP contribution in [-0.4, -0.2) is 11.8 Å². The summed E-state index contributed by atoms with van der Waals surface area (Å²) in [5, 5.41) is 0. The van der Waals surface area contributed by atoms with Gasteiger partial charge in [-0.25, -0.2) is 8.78 Å². The molecule has 0 aliphatic heterocycles. The average Bonchev–Trinajstić information content (AvgIpc) is 3.16. The van der Waals surface area contributed by atoms with Crippen molar-refractivity contribution >= 4 is 23.2 Å². The Kier molecular flexibility index (Phi) is 5.93. The standard InChI is InChI=1S/C20H16F2N2O2S/c21-15-8-5-14(6-9-15)17-10-11-18(27-17)20(26)24-23-19(25)12-7-13-3-1-2-4-16(13)22/h1-6,8-11H,7,12H2,(H,23,25)(H,24,26). The number of halogens is 2. The van der Waals surface area contributed by atoms with E-state index in [9.17, 15) is 18.4 Å². The zero-order valence-corrected chi connectivity index (χ0v) is 15.0. The van der Waals surface area contributed by atoms with Crippen molar-refractivity contribution in [2.24, 2.45) is 0 Å². The molecular weight excluding hydrogens is 370 g/mol. The van der Waals surface area contributed by atoms with E-state index >= 15 is 0 Å². The van der Waals surface area contributed by atoms with Crippen LogP contribution in [0.1, 0.15) is 21.7 Å². The van der Waals surface area contributed by atoms with Gasteiger partial charge in [-0.05, 0) is 47.9 Å². The van der Waals surface area contributed by atoms with E-state index in [1.807, 2.05) is 0 Å². The SMILES string of the molecule is O=C(CCc1ccccc1F)NNC(=O)c1ccc(-c2ccc(F)cc2)s1. The number of hydrazine groups is 1. The van der Waals surface area contributed by atoms with Gasteiger partial charge >= 0.3 is 0 Å². The van der Waals surface area contributed by atoms with Crippen LogP contribution in [-0.2, 0) is 11.2 Å². The molecule has 3 aromatic rings. The van der Waals surface area contributed by atoms with E-state index in [4.69, 9.17) is 0 Å². The fourth-order valence-corrected chi connectivity index (χ4v) is 3.34. The third-order valence-corrected chi connectivity index (χ3v) is 4.99. The normalized spacial score (nSPS) is 10.4. The summed E-state index contributed by atoms with van der Waals surface area (Å²) in [6, 6.07) is 15.6. The first kappa shape index (κ1) is 18.7. The van der Waals surface area contributed by atoms with Crippen LogP contribution in [0.4, 0.5) is 8.78 Å². The number of hydrogen-bond acceptors (Lipinski definition) is 3. The fraction of sp³-hybridized carbons (Fsp3) is 0.100. The number of nitrogens with one attached hydrogen (secondary N) is 2. The van der Waals surface area contributed by atoms with Crippen molar-refractivity contribution in [3.8, 4) is 10.4 Å². The van der Waals surface area contributed by atoms with E-state index in [2.05, 4.69) is 10.9 Å². The Hall–Kier alpha value is -3.06. The van der Waals surface area contributed by atoms with Crippen LogP contribution in [0.15, 0.2) is 60.7 Å². The highest BCUT2D eigenvalue weighted by molar-refractivity contribution is 7.17. The fourth-order valence-electron chi connectivity index (χ4n) is 2.43. The molecule has 27 heavy (non-hydrogen) atoms. The molecule has 138 valence electrons. The molecule has 0 atom stereocenters. The minimum atomic E-state index is -0.451. The Balaban J connectivity index is 1.51. The molecule has 0 unspecified atom stereocenters. The number of hydrogen-bond donors (Lipinski definition) is 2. The van der Waals surface area contributed by atoms with Crippen LogP contribution >= 0.6 is 11.3 Å². The highest BCUT2D eigenvalue weighted by Crippen LogP contribution is 2.28. The molecule has 1 heterocycles. The Morgan fingerprint density at radius 3 is 2.37 bits per heavy atom. The third kappa shape index (κ3) is 4.98. The van der Waals surface area contributed by atoms with Crippen LogP contribution in [0.5, 0.6) is 0 Å². The summed E-state index contributed by atoms with van der Waals surface area (Å²) < 4.78 is 26.5. The molecule has 7 heteroatoms. The number of benzene rings is 2. The molecule has 2 aromatic carbocycles. The van der Waals surface area contributed by atoms with E-state index in [1.165, 1.54) is 29.5 Å². The van der Waals surface area contributed by atoms with Crippen LogP contribution in [0.2, 0.25) is 0 Å². The molecule has 2 N–H and O–H groups in total.